The van der Waals surface area contributed by atoms with E-state index >= 15 is 0 Å². The van der Waals surface area contributed by atoms with Crippen LogP contribution in [0.4, 0.5) is 14.9 Å². The summed E-state index contributed by atoms with van der Waals surface area (Å²) in [6.07, 6.45) is 1.69. The first-order valence-corrected chi connectivity index (χ1v) is 10.0. The Balaban J connectivity index is 1.93. The van der Waals surface area contributed by atoms with Gasteiger partial charge in [0.2, 0.25) is 0 Å². The maximum Gasteiger partial charge on any atom is 0.322 e. The number of anilines is 1. The largest absolute Gasteiger partial charge is 0.481 e. The minimum atomic E-state index is -0.965. The van der Waals surface area contributed by atoms with Crippen molar-refractivity contribution in [3.63, 3.8) is 0 Å². The van der Waals surface area contributed by atoms with Crippen molar-refractivity contribution in [1.82, 2.24) is 9.88 Å². The Morgan fingerprint density at radius 1 is 1.23 bits per heavy atom. The van der Waals surface area contributed by atoms with Crippen LogP contribution in [0.5, 0.6) is 0 Å². The number of carboxylic acids is 1. The number of amides is 2. The summed E-state index contributed by atoms with van der Waals surface area (Å²) in [5.41, 5.74) is 0.769. The highest BCUT2D eigenvalue weighted by atomic mass is 35.5. The van der Waals surface area contributed by atoms with E-state index in [4.69, 9.17) is 16.7 Å². The lowest BCUT2D eigenvalue weighted by Gasteiger charge is -2.30. The molecule has 2 aromatic carbocycles. The number of carbonyl (C=O) groups is 2. The number of halogens is 2. The molecule has 3 N–H and O–H groups in total. The predicted molar refractivity (Wildman–Crippen MR) is 117 cm³/mol. The number of pyridine rings is 1. The van der Waals surface area contributed by atoms with Gasteiger partial charge in [-0.1, -0.05) is 29.8 Å². The van der Waals surface area contributed by atoms with Crippen LogP contribution in [0.15, 0.2) is 53.5 Å². The molecule has 0 saturated carbocycles. The van der Waals surface area contributed by atoms with Crippen LogP contribution in [0.25, 0.3) is 10.8 Å². The van der Waals surface area contributed by atoms with Crippen LogP contribution >= 0.6 is 11.6 Å². The van der Waals surface area contributed by atoms with Crippen LogP contribution < -0.4 is 10.9 Å². The van der Waals surface area contributed by atoms with Gasteiger partial charge in [0.1, 0.15) is 5.82 Å². The molecular formula is C22H21ClFN3O4. The van der Waals surface area contributed by atoms with E-state index in [0.717, 1.165) is 6.07 Å². The van der Waals surface area contributed by atoms with E-state index in [2.05, 4.69) is 10.3 Å². The molecular weight excluding hydrogens is 425 g/mol. The maximum atomic E-state index is 13.4. The number of benzene rings is 2. The summed E-state index contributed by atoms with van der Waals surface area (Å²) < 4.78 is 13.4. The van der Waals surface area contributed by atoms with E-state index in [9.17, 15) is 18.8 Å². The van der Waals surface area contributed by atoms with Crippen molar-refractivity contribution in [1.29, 1.82) is 0 Å². The molecule has 0 radical (unpaired) electrons. The van der Waals surface area contributed by atoms with Crippen molar-refractivity contribution in [3.8, 4) is 0 Å². The molecule has 0 saturated heterocycles. The third-order valence-electron chi connectivity index (χ3n) is 4.98. The minimum Gasteiger partial charge on any atom is -0.481 e. The van der Waals surface area contributed by atoms with Gasteiger partial charge in [-0.15, -0.1) is 0 Å². The topological polar surface area (TPSA) is 102 Å². The number of rotatable bonds is 7. The molecule has 162 valence electrons. The molecule has 0 aliphatic rings. The lowest BCUT2D eigenvalue weighted by atomic mass is 10.0. The van der Waals surface area contributed by atoms with Gasteiger partial charge in [0.05, 0.1) is 11.1 Å². The Bertz CT molecular complexity index is 1180. The van der Waals surface area contributed by atoms with Crippen molar-refractivity contribution in [2.24, 2.45) is 0 Å². The summed E-state index contributed by atoms with van der Waals surface area (Å²) in [5, 5.41) is 12.7. The van der Waals surface area contributed by atoms with Gasteiger partial charge in [-0.25, -0.2) is 9.18 Å². The summed E-state index contributed by atoms with van der Waals surface area (Å²) >= 11 is 5.80. The summed E-state index contributed by atoms with van der Waals surface area (Å²) in [4.78, 5) is 40.3. The Hall–Kier alpha value is -3.39. The number of hydrogen-bond acceptors (Lipinski definition) is 3. The fourth-order valence-electron chi connectivity index (χ4n) is 3.39. The molecule has 0 aliphatic carbocycles. The Morgan fingerprint density at radius 3 is 2.61 bits per heavy atom. The monoisotopic (exact) mass is 445 g/mol. The van der Waals surface area contributed by atoms with Crippen molar-refractivity contribution < 1.29 is 19.1 Å². The van der Waals surface area contributed by atoms with Crippen molar-refractivity contribution >= 4 is 40.1 Å². The quantitative estimate of drug-likeness (QED) is 0.487. The zero-order chi connectivity index (χ0) is 22.5. The highest BCUT2D eigenvalue weighted by Crippen LogP contribution is 2.27. The molecule has 1 heterocycles. The second-order valence-corrected chi connectivity index (χ2v) is 7.45. The molecule has 9 heteroatoms. The van der Waals surface area contributed by atoms with E-state index < -0.39 is 23.9 Å². The number of aromatic amines is 1. The SMILES string of the molecule is CC(c1c[nH]c(=O)c2ccccc12)N(CCCC(=O)O)C(=O)Nc1ccc(F)c(Cl)c1. The lowest BCUT2D eigenvalue weighted by Crippen LogP contribution is -2.38. The lowest BCUT2D eigenvalue weighted by molar-refractivity contribution is -0.137. The Kier molecular flexibility index (Phi) is 6.91. The number of carboxylic acid groups (broad SMARTS) is 1. The predicted octanol–water partition coefficient (Wildman–Crippen LogP) is 4.78. The van der Waals surface area contributed by atoms with E-state index in [1.165, 1.54) is 17.0 Å². The molecule has 1 aromatic heterocycles. The summed E-state index contributed by atoms with van der Waals surface area (Å²) in [5.74, 6) is -1.57. The van der Waals surface area contributed by atoms with E-state index in [1.54, 1.807) is 37.4 Å². The van der Waals surface area contributed by atoms with E-state index in [-0.39, 0.29) is 30.0 Å². The van der Waals surface area contributed by atoms with Gasteiger partial charge in [-0.3, -0.25) is 9.59 Å². The third-order valence-corrected chi connectivity index (χ3v) is 5.27. The fraction of sp³-hybridized carbons (Fsp3) is 0.227. The van der Waals surface area contributed by atoms with E-state index in [1.807, 2.05) is 0 Å². The molecule has 1 atom stereocenters. The van der Waals surface area contributed by atoms with Crippen molar-refractivity contribution in [2.75, 3.05) is 11.9 Å². The molecule has 1 unspecified atom stereocenters. The minimum absolute atomic E-state index is 0.106. The molecule has 0 spiro atoms. The molecule has 0 bridgehead atoms. The Morgan fingerprint density at radius 2 is 1.94 bits per heavy atom. The third kappa shape index (κ3) is 5.21. The van der Waals surface area contributed by atoms with Crippen molar-refractivity contribution in [2.45, 2.75) is 25.8 Å². The second-order valence-electron chi connectivity index (χ2n) is 7.04. The van der Waals surface area contributed by atoms with Gasteiger partial charge in [0.15, 0.2) is 0 Å². The van der Waals surface area contributed by atoms with Crippen LogP contribution in [0, 0.1) is 5.82 Å². The summed E-state index contributed by atoms with van der Waals surface area (Å²) in [7, 11) is 0. The first kappa shape index (κ1) is 22.3. The first-order valence-electron chi connectivity index (χ1n) is 9.62. The number of aromatic nitrogens is 1. The van der Waals surface area contributed by atoms with Gasteiger partial charge in [0.25, 0.3) is 5.56 Å². The van der Waals surface area contributed by atoms with Gasteiger partial charge < -0.3 is 20.3 Å². The van der Waals surface area contributed by atoms with Gasteiger partial charge in [-0.05, 0) is 48.6 Å². The average molecular weight is 446 g/mol. The normalized spacial score (nSPS) is 11.8. The molecule has 3 aromatic rings. The van der Waals surface area contributed by atoms with Crippen LogP contribution in [0.3, 0.4) is 0 Å². The molecule has 0 aliphatic heterocycles. The Labute approximate surface area is 182 Å². The van der Waals surface area contributed by atoms with E-state index in [0.29, 0.717) is 22.0 Å². The number of nitrogens with one attached hydrogen (secondary N) is 2. The number of nitrogens with zero attached hydrogens (tertiary/aromatic N) is 1. The number of urea groups is 1. The van der Waals surface area contributed by atoms with Crippen LogP contribution in [0.1, 0.15) is 31.4 Å². The zero-order valence-electron chi connectivity index (χ0n) is 16.7. The molecule has 31 heavy (non-hydrogen) atoms. The fourth-order valence-corrected chi connectivity index (χ4v) is 3.57. The van der Waals surface area contributed by atoms with Gasteiger partial charge in [0, 0.05) is 30.2 Å². The van der Waals surface area contributed by atoms with Crippen LogP contribution in [-0.4, -0.2) is 33.5 Å². The highest BCUT2D eigenvalue weighted by molar-refractivity contribution is 6.31. The number of carbonyl (C=O) groups excluding carboxylic acids is 1. The van der Waals surface area contributed by atoms with Crippen LogP contribution in [0.2, 0.25) is 5.02 Å². The summed E-state index contributed by atoms with van der Waals surface area (Å²) in [6.45, 7) is 1.94. The number of aliphatic carboxylic acids is 1. The summed E-state index contributed by atoms with van der Waals surface area (Å²) in [6, 6.07) is 9.87. The molecule has 0 fully saturated rings. The smallest absolute Gasteiger partial charge is 0.322 e. The van der Waals surface area contributed by atoms with Gasteiger partial charge >= 0.3 is 12.0 Å². The molecule has 7 nitrogen and oxygen atoms in total. The molecule has 3 rings (SSSR count). The second kappa shape index (κ2) is 9.61. The standard InChI is InChI=1S/C22H21ClFN3O4/c1-13(17-12-25-21(30)16-6-3-2-5-15(16)17)27(10-4-7-20(28)29)22(31)26-14-8-9-19(24)18(23)11-14/h2-3,5-6,8-9,11-13H,4,7,10H2,1H3,(H,25,30)(H,26,31)(H,28,29). The molecule has 2 amide bonds. The van der Waals surface area contributed by atoms with Crippen LogP contribution in [-0.2, 0) is 4.79 Å². The highest BCUT2D eigenvalue weighted by Gasteiger charge is 2.24. The zero-order valence-corrected chi connectivity index (χ0v) is 17.4. The number of H-pyrrole nitrogens is 1. The van der Waals surface area contributed by atoms with Gasteiger partial charge in [-0.2, -0.15) is 0 Å². The first-order chi connectivity index (χ1) is 14.8. The average Bonchev–Trinajstić information content (AvgIpc) is 2.73. The number of hydrogen-bond donors (Lipinski definition) is 3. The van der Waals surface area contributed by atoms with Crippen molar-refractivity contribution in [3.05, 3.63) is 75.4 Å². The maximum absolute atomic E-state index is 13.4. The number of fused-ring (bicyclic) bond motifs is 1.